The van der Waals surface area contributed by atoms with Crippen LogP contribution < -0.4 is 5.32 Å². The maximum Gasteiger partial charge on any atom is 0.237 e. The van der Waals surface area contributed by atoms with Crippen LogP contribution in [0.2, 0.25) is 0 Å². The van der Waals surface area contributed by atoms with Crippen molar-refractivity contribution in [1.82, 2.24) is 10.2 Å². The SMILES string of the molecule is CC(C)N1CCCCC1C(=O)NCCCOCCO. The van der Waals surface area contributed by atoms with Crippen molar-refractivity contribution in [1.29, 1.82) is 0 Å². The van der Waals surface area contributed by atoms with Crippen molar-refractivity contribution in [2.45, 2.75) is 51.6 Å². The van der Waals surface area contributed by atoms with Gasteiger partial charge in [0.15, 0.2) is 0 Å². The zero-order valence-electron chi connectivity index (χ0n) is 12.2. The van der Waals surface area contributed by atoms with Crippen LogP contribution in [-0.2, 0) is 9.53 Å². The first kappa shape index (κ1) is 16.4. The monoisotopic (exact) mass is 272 g/mol. The van der Waals surface area contributed by atoms with E-state index in [-0.39, 0.29) is 18.6 Å². The van der Waals surface area contributed by atoms with E-state index in [4.69, 9.17) is 9.84 Å². The largest absolute Gasteiger partial charge is 0.394 e. The summed E-state index contributed by atoms with van der Waals surface area (Å²) in [5.74, 6) is 0.149. The van der Waals surface area contributed by atoms with Gasteiger partial charge in [0, 0.05) is 19.2 Å². The van der Waals surface area contributed by atoms with E-state index >= 15 is 0 Å². The third kappa shape index (κ3) is 5.89. The van der Waals surface area contributed by atoms with E-state index in [9.17, 15) is 4.79 Å². The van der Waals surface area contributed by atoms with Crippen LogP contribution in [0.4, 0.5) is 0 Å². The van der Waals surface area contributed by atoms with E-state index in [2.05, 4.69) is 24.1 Å². The number of ether oxygens (including phenoxy) is 1. The minimum Gasteiger partial charge on any atom is -0.394 e. The van der Waals surface area contributed by atoms with Crippen molar-refractivity contribution in [2.24, 2.45) is 0 Å². The second-order valence-electron chi connectivity index (χ2n) is 5.32. The Morgan fingerprint density at radius 1 is 1.42 bits per heavy atom. The van der Waals surface area contributed by atoms with Gasteiger partial charge in [-0.2, -0.15) is 0 Å². The first-order chi connectivity index (χ1) is 9.16. The topological polar surface area (TPSA) is 61.8 Å². The minimum atomic E-state index is 0.0344. The standard InChI is InChI=1S/C14H28N2O3/c1-12(2)16-8-4-3-6-13(16)14(18)15-7-5-10-19-11-9-17/h12-13,17H,3-11H2,1-2H3,(H,15,18). The van der Waals surface area contributed by atoms with Crippen LogP contribution in [0, 0.1) is 0 Å². The van der Waals surface area contributed by atoms with Crippen molar-refractivity contribution in [3.8, 4) is 0 Å². The van der Waals surface area contributed by atoms with Crippen molar-refractivity contribution < 1.29 is 14.6 Å². The van der Waals surface area contributed by atoms with E-state index in [0.717, 1.165) is 25.8 Å². The molecule has 112 valence electrons. The third-order valence-electron chi connectivity index (χ3n) is 3.51. The van der Waals surface area contributed by atoms with E-state index in [1.807, 2.05) is 0 Å². The molecule has 1 heterocycles. The smallest absolute Gasteiger partial charge is 0.237 e. The number of aliphatic hydroxyl groups excluding tert-OH is 1. The number of amides is 1. The highest BCUT2D eigenvalue weighted by molar-refractivity contribution is 5.81. The Labute approximate surface area is 116 Å². The molecule has 0 aliphatic carbocycles. The fourth-order valence-corrected chi connectivity index (χ4v) is 2.52. The molecule has 5 nitrogen and oxygen atoms in total. The molecule has 1 fully saturated rings. The molecule has 2 N–H and O–H groups in total. The Morgan fingerprint density at radius 3 is 2.89 bits per heavy atom. The molecule has 0 saturated carbocycles. The Morgan fingerprint density at radius 2 is 2.21 bits per heavy atom. The van der Waals surface area contributed by atoms with Gasteiger partial charge in [0.2, 0.25) is 5.91 Å². The van der Waals surface area contributed by atoms with Gasteiger partial charge in [-0.15, -0.1) is 0 Å². The number of hydrogen-bond acceptors (Lipinski definition) is 4. The summed E-state index contributed by atoms with van der Waals surface area (Å²) in [6, 6.07) is 0.455. The Hall–Kier alpha value is -0.650. The predicted molar refractivity (Wildman–Crippen MR) is 75.0 cm³/mol. The maximum absolute atomic E-state index is 12.2. The Bertz CT molecular complexity index is 259. The number of carbonyl (C=O) groups excluding carboxylic acids is 1. The molecule has 1 amide bonds. The van der Waals surface area contributed by atoms with Gasteiger partial charge >= 0.3 is 0 Å². The van der Waals surface area contributed by atoms with E-state index in [1.54, 1.807) is 0 Å². The number of hydrogen-bond donors (Lipinski definition) is 2. The number of nitrogens with one attached hydrogen (secondary N) is 1. The number of likely N-dealkylation sites (tertiary alicyclic amines) is 1. The number of nitrogens with zero attached hydrogens (tertiary/aromatic N) is 1. The molecule has 1 atom stereocenters. The van der Waals surface area contributed by atoms with Crippen LogP contribution in [0.25, 0.3) is 0 Å². The van der Waals surface area contributed by atoms with Crippen molar-refractivity contribution in [2.75, 3.05) is 32.9 Å². The number of carbonyl (C=O) groups is 1. The summed E-state index contributed by atoms with van der Waals surface area (Å²) in [5, 5.41) is 11.6. The lowest BCUT2D eigenvalue weighted by molar-refractivity contribution is -0.128. The molecule has 1 unspecified atom stereocenters. The van der Waals surface area contributed by atoms with Gasteiger partial charge in [-0.25, -0.2) is 0 Å². The normalized spacial score (nSPS) is 20.7. The van der Waals surface area contributed by atoms with Crippen LogP contribution in [0.3, 0.4) is 0 Å². The molecule has 1 rings (SSSR count). The van der Waals surface area contributed by atoms with E-state index < -0.39 is 0 Å². The predicted octanol–water partition coefficient (Wildman–Crippen LogP) is 0.765. The third-order valence-corrected chi connectivity index (χ3v) is 3.51. The van der Waals surface area contributed by atoms with Gasteiger partial charge in [0.1, 0.15) is 0 Å². The second-order valence-corrected chi connectivity index (χ2v) is 5.32. The molecule has 0 aromatic rings. The van der Waals surface area contributed by atoms with Gasteiger partial charge in [0.05, 0.1) is 19.3 Å². The highest BCUT2D eigenvalue weighted by atomic mass is 16.5. The Balaban J connectivity index is 2.23. The van der Waals surface area contributed by atoms with E-state index in [0.29, 0.717) is 25.8 Å². The van der Waals surface area contributed by atoms with Crippen LogP contribution in [0.5, 0.6) is 0 Å². The second kappa shape index (κ2) is 9.28. The summed E-state index contributed by atoms with van der Waals surface area (Å²) >= 11 is 0. The average Bonchev–Trinajstić information content (AvgIpc) is 2.42. The first-order valence-corrected chi connectivity index (χ1v) is 7.39. The molecule has 1 aliphatic heterocycles. The van der Waals surface area contributed by atoms with Gasteiger partial charge in [-0.05, 0) is 39.7 Å². The molecule has 0 aromatic heterocycles. The lowest BCUT2D eigenvalue weighted by Crippen LogP contribution is -2.52. The summed E-state index contributed by atoms with van der Waals surface area (Å²) in [6.45, 7) is 6.97. The molecule has 0 bridgehead atoms. The summed E-state index contributed by atoms with van der Waals surface area (Å²) in [6.07, 6.45) is 4.09. The number of piperidine rings is 1. The van der Waals surface area contributed by atoms with Crippen molar-refractivity contribution in [3.05, 3.63) is 0 Å². The van der Waals surface area contributed by atoms with Gasteiger partial charge in [0.25, 0.3) is 0 Å². The molecule has 1 aliphatic rings. The lowest BCUT2D eigenvalue weighted by atomic mass is 9.99. The quantitative estimate of drug-likeness (QED) is 0.641. The van der Waals surface area contributed by atoms with Crippen LogP contribution in [-0.4, -0.2) is 60.9 Å². The lowest BCUT2D eigenvalue weighted by Gasteiger charge is -2.37. The van der Waals surface area contributed by atoms with E-state index in [1.165, 1.54) is 6.42 Å². The minimum absolute atomic E-state index is 0.0344. The van der Waals surface area contributed by atoms with Crippen LogP contribution in [0.15, 0.2) is 0 Å². The highest BCUT2D eigenvalue weighted by Crippen LogP contribution is 2.19. The molecule has 5 heteroatoms. The highest BCUT2D eigenvalue weighted by Gasteiger charge is 2.29. The molecule has 19 heavy (non-hydrogen) atoms. The van der Waals surface area contributed by atoms with Gasteiger partial charge in [-0.3, -0.25) is 9.69 Å². The van der Waals surface area contributed by atoms with Gasteiger partial charge in [-0.1, -0.05) is 6.42 Å². The first-order valence-electron chi connectivity index (χ1n) is 7.39. The molecule has 1 saturated heterocycles. The molecular weight excluding hydrogens is 244 g/mol. The van der Waals surface area contributed by atoms with Crippen molar-refractivity contribution >= 4 is 5.91 Å². The molecule has 0 aromatic carbocycles. The fourth-order valence-electron chi connectivity index (χ4n) is 2.52. The molecular formula is C14H28N2O3. The van der Waals surface area contributed by atoms with Gasteiger partial charge < -0.3 is 15.2 Å². The Kier molecular flexibility index (Phi) is 8.02. The number of rotatable bonds is 8. The summed E-state index contributed by atoms with van der Waals surface area (Å²) in [4.78, 5) is 14.5. The average molecular weight is 272 g/mol. The molecule has 0 spiro atoms. The maximum atomic E-state index is 12.2. The zero-order chi connectivity index (χ0) is 14.1. The summed E-state index contributed by atoms with van der Waals surface area (Å²) < 4.78 is 5.16. The fraction of sp³-hybridized carbons (Fsp3) is 0.929. The summed E-state index contributed by atoms with van der Waals surface area (Å²) in [7, 11) is 0. The molecule has 0 radical (unpaired) electrons. The zero-order valence-corrected chi connectivity index (χ0v) is 12.2. The van der Waals surface area contributed by atoms with Crippen LogP contribution >= 0.6 is 0 Å². The van der Waals surface area contributed by atoms with Crippen LogP contribution in [0.1, 0.15) is 39.5 Å². The summed E-state index contributed by atoms with van der Waals surface area (Å²) in [5.41, 5.74) is 0. The van der Waals surface area contributed by atoms with Crippen molar-refractivity contribution in [3.63, 3.8) is 0 Å². The number of aliphatic hydroxyl groups is 1.